The molecule has 0 atom stereocenters. The Labute approximate surface area is 105 Å². The van der Waals surface area contributed by atoms with E-state index < -0.39 is 17.9 Å². The second kappa shape index (κ2) is 7.24. The fraction of sp³-hybridized carbons (Fsp3) is 0.538. The molecule has 0 spiro atoms. The molecule has 0 unspecified atom stereocenters. The van der Waals surface area contributed by atoms with Crippen LogP contribution in [0, 0.1) is 11.7 Å². The van der Waals surface area contributed by atoms with Crippen molar-refractivity contribution < 1.29 is 22.3 Å². The van der Waals surface area contributed by atoms with Crippen LogP contribution in [-0.4, -0.2) is 6.36 Å². The maximum absolute atomic E-state index is 13.2. The highest BCUT2D eigenvalue weighted by Crippen LogP contribution is 2.26. The van der Waals surface area contributed by atoms with Crippen LogP contribution in [0.4, 0.5) is 17.6 Å². The summed E-state index contributed by atoms with van der Waals surface area (Å²) in [5.41, 5.74) is 0.655. The average Bonchev–Trinajstić information content (AvgIpc) is 2.22. The summed E-state index contributed by atoms with van der Waals surface area (Å²) in [6.45, 7) is 7.88. The number of hydrogen-bond donors (Lipinski definition) is 0. The van der Waals surface area contributed by atoms with Crippen molar-refractivity contribution in [3.8, 4) is 5.75 Å². The van der Waals surface area contributed by atoms with Gasteiger partial charge in [0.25, 0.3) is 0 Å². The fourth-order valence-electron chi connectivity index (χ4n) is 1.35. The Morgan fingerprint density at radius 2 is 1.72 bits per heavy atom. The highest BCUT2D eigenvalue weighted by Gasteiger charge is 2.32. The van der Waals surface area contributed by atoms with E-state index in [2.05, 4.69) is 4.74 Å². The van der Waals surface area contributed by atoms with Crippen molar-refractivity contribution in [1.29, 1.82) is 0 Å². The topological polar surface area (TPSA) is 9.23 Å². The molecule has 5 heteroatoms. The van der Waals surface area contributed by atoms with Crippen LogP contribution >= 0.6 is 0 Å². The SMILES string of the molecule is CC.CC(C)Cc1ccc(OC(F)(F)F)c(F)c1. The predicted molar refractivity (Wildman–Crippen MR) is 63.0 cm³/mol. The largest absolute Gasteiger partial charge is 0.573 e. The van der Waals surface area contributed by atoms with E-state index in [1.165, 1.54) is 6.07 Å². The van der Waals surface area contributed by atoms with Crippen molar-refractivity contribution in [2.24, 2.45) is 5.92 Å². The molecule has 1 aromatic carbocycles. The van der Waals surface area contributed by atoms with Gasteiger partial charge in [-0.25, -0.2) is 4.39 Å². The second-order valence-corrected chi connectivity index (χ2v) is 3.91. The van der Waals surface area contributed by atoms with Gasteiger partial charge in [0.2, 0.25) is 0 Å². The van der Waals surface area contributed by atoms with E-state index in [1.807, 2.05) is 27.7 Å². The van der Waals surface area contributed by atoms with Crippen LogP contribution < -0.4 is 4.74 Å². The lowest BCUT2D eigenvalue weighted by molar-refractivity contribution is -0.275. The first-order valence-corrected chi connectivity index (χ1v) is 5.82. The van der Waals surface area contributed by atoms with Crippen LogP contribution in [-0.2, 0) is 6.42 Å². The molecule has 0 aliphatic carbocycles. The highest BCUT2D eigenvalue weighted by atomic mass is 19.4. The summed E-state index contributed by atoms with van der Waals surface area (Å²) in [7, 11) is 0. The molecule has 0 fully saturated rings. The smallest absolute Gasteiger partial charge is 0.403 e. The molecule has 0 saturated carbocycles. The minimum atomic E-state index is -4.86. The normalized spacial score (nSPS) is 10.9. The Kier molecular flexibility index (Phi) is 6.73. The molecule has 0 aliphatic heterocycles. The van der Waals surface area contributed by atoms with Gasteiger partial charge in [-0.3, -0.25) is 0 Å². The summed E-state index contributed by atoms with van der Waals surface area (Å²) < 4.78 is 52.3. The van der Waals surface area contributed by atoms with Crippen LogP contribution in [0.3, 0.4) is 0 Å². The zero-order chi connectivity index (χ0) is 14.3. The third-order valence-electron chi connectivity index (χ3n) is 1.87. The molecule has 0 saturated heterocycles. The van der Waals surface area contributed by atoms with Gasteiger partial charge in [0.1, 0.15) is 0 Å². The van der Waals surface area contributed by atoms with E-state index in [9.17, 15) is 17.6 Å². The monoisotopic (exact) mass is 266 g/mol. The summed E-state index contributed by atoms with van der Waals surface area (Å²) in [6, 6.07) is 3.51. The van der Waals surface area contributed by atoms with Crippen molar-refractivity contribution in [2.75, 3.05) is 0 Å². The zero-order valence-electron chi connectivity index (χ0n) is 10.9. The molecule has 18 heavy (non-hydrogen) atoms. The lowest BCUT2D eigenvalue weighted by atomic mass is 10.0. The van der Waals surface area contributed by atoms with Gasteiger partial charge in [-0.15, -0.1) is 13.2 Å². The molecule has 1 aromatic rings. The first-order valence-electron chi connectivity index (χ1n) is 5.82. The quantitative estimate of drug-likeness (QED) is 0.703. The number of alkyl halides is 3. The van der Waals surface area contributed by atoms with Gasteiger partial charge in [0.05, 0.1) is 0 Å². The molecule has 1 rings (SSSR count). The van der Waals surface area contributed by atoms with Gasteiger partial charge in [-0.1, -0.05) is 33.8 Å². The summed E-state index contributed by atoms with van der Waals surface area (Å²) >= 11 is 0. The Morgan fingerprint density at radius 3 is 2.11 bits per heavy atom. The van der Waals surface area contributed by atoms with Crippen molar-refractivity contribution in [2.45, 2.75) is 40.5 Å². The summed E-state index contributed by atoms with van der Waals surface area (Å²) in [6.07, 6.45) is -4.25. The molecular formula is C13H18F4O. The lowest BCUT2D eigenvalue weighted by Gasteiger charge is -2.11. The lowest BCUT2D eigenvalue weighted by Crippen LogP contribution is -2.18. The number of rotatable bonds is 3. The van der Waals surface area contributed by atoms with Crippen molar-refractivity contribution in [3.05, 3.63) is 29.6 Å². The number of halogens is 4. The minimum absolute atomic E-state index is 0.314. The Balaban J connectivity index is 0.00000137. The van der Waals surface area contributed by atoms with E-state index in [1.54, 1.807) is 0 Å². The first kappa shape index (κ1) is 16.7. The molecule has 0 radical (unpaired) electrons. The predicted octanol–water partition coefficient (Wildman–Crippen LogP) is 4.95. The Morgan fingerprint density at radius 1 is 1.17 bits per heavy atom. The van der Waals surface area contributed by atoms with Crippen molar-refractivity contribution in [1.82, 2.24) is 0 Å². The van der Waals surface area contributed by atoms with Gasteiger partial charge >= 0.3 is 6.36 Å². The molecule has 0 amide bonds. The third-order valence-corrected chi connectivity index (χ3v) is 1.87. The fourth-order valence-corrected chi connectivity index (χ4v) is 1.35. The molecule has 0 bridgehead atoms. The van der Waals surface area contributed by atoms with Gasteiger partial charge in [-0.2, -0.15) is 0 Å². The van der Waals surface area contributed by atoms with Gasteiger partial charge < -0.3 is 4.74 Å². The highest BCUT2D eigenvalue weighted by molar-refractivity contribution is 5.29. The standard InChI is InChI=1S/C11H12F4O.C2H6/c1-7(2)5-8-3-4-10(9(12)6-8)16-11(13,14)15;1-2/h3-4,6-7H,5H2,1-2H3;1-2H3. The first-order chi connectivity index (χ1) is 8.28. The summed E-state index contributed by atoms with van der Waals surface area (Å²) in [5.74, 6) is -1.47. The van der Waals surface area contributed by atoms with E-state index in [0.717, 1.165) is 12.1 Å². The Bertz CT molecular complexity index is 358. The number of hydrogen-bond acceptors (Lipinski definition) is 1. The molecule has 104 valence electrons. The molecule has 1 nitrogen and oxygen atoms in total. The number of benzene rings is 1. The number of ether oxygens (including phenoxy) is 1. The Hall–Kier alpha value is -1.26. The second-order valence-electron chi connectivity index (χ2n) is 3.91. The molecule has 0 N–H and O–H groups in total. The van der Waals surface area contributed by atoms with E-state index in [4.69, 9.17) is 0 Å². The van der Waals surface area contributed by atoms with E-state index in [-0.39, 0.29) is 0 Å². The van der Waals surface area contributed by atoms with Crippen molar-refractivity contribution >= 4 is 0 Å². The third kappa shape index (κ3) is 6.47. The van der Waals surface area contributed by atoms with E-state index in [0.29, 0.717) is 17.9 Å². The molecular weight excluding hydrogens is 248 g/mol. The van der Waals surface area contributed by atoms with Gasteiger partial charge in [0, 0.05) is 0 Å². The van der Waals surface area contributed by atoms with Crippen LogP contribution in [0.5, 0.6) is 5.75 Å². The minimum Gasteiger partial charge on any atom is -0.403 e. The molecule has 0 aliphatic rings. The maximum Gasteiger partial charge on any atom is 0.573 e. The summed E-state index contributed by atoms with van der Waals surface area (Å²) in [4.78, 5) is 0. The van der Waals surface area contributed by atoms with E-state index >= 15 is 0 Å². The average molecular weight is 266 g/mol. The van der Waals surface area contributed by atoms with Crippen LogP contribution in [0.1, 0.15) is 33.3 Å². The van der Waals surface area contributed by atoms with Gasteiger partial charge in [-0.05, 0) is 30.0 Å². The van der Waals surface area contributed by atoms with Crippen LogP contribution in [0.15, 0.2) is 18.2 Å². The maximum atomic E-state index is 13.2. The molecule has 0 aromatic heterocycles. The van der Waals surface area contributed by atoms with Gasteiger partial charge in [0.15, 0.2) is 11.6 Å². The summed E-state index contributed by atoms with van der Waals surface area (Å²) in [5, 5.41) is 0. The molecule has 0 heterocycles. The van der Waals surface area contributed by atoms with Crippen LogP contribution in [0.25, 0.3) is 0 Å². The zero-order valence-corrected chi connectivity index (χ0v) is 10.9. The van der Waals surface area contributed by atoms with Crippen molar-refractivity contribution in [3.63, 3.8) is 0 Å². The van der Waals surface area contributed by atoms with Crippen LogP contribution in [0.2, 0.25) is 0 Å².